The van der Waals surface area contributed by atoms with Crippen LogP contribution in [0.4, 0.5) is 23.2 Å². The SMILES string of the molecule is O=N/N=C(\Nc1ccc(F)c(Br)c1)c1nonc1SCC(=O)NCC(F)(F)F. The van der Waals surface area contributed by atoms with E-state index in [-0.39, 0.29) is 21.0 Å². The molecule has 1 aromatic heterocycles. The standard InChI is InChI=1S/C13H9BrF4N6O3S/c14-7-3-6(1-2-8(7)15)20-11(21-24-26)10-12(23-27-22-10)28-4-9(25)19-5-13(16,17)18/h1-3H,4-5H2,(H,19,25)(H,20,21,26). The quantitative estimate of drug-likeness (QED) is 0.154. The molecule has 0 saturated carbocycles. The summed E-state index contributed by atoms with van der Waals surface area (Å²) in [4.78, 5) is 22.1. The van der Waals surface area contributed by atoms with E-state index >= 15 is 0 Å². The predicted octanol–water partition coefficient (Wildman–Crippen LogP) is 3.28. The number of carbonyl (C=O) groups excluding carboxylic acids is 1. The molecular weight excluding hydrogens is 476 g/mol. The van der Waals surface area contributed by atoms with E-state index in [1.807, 2.05) is 0 Å². The second kappa shape index (κ2) is 9.59. The molecule has 0 saturated heterocycles. The number of amidine groups is 1. The molecule has 0 atom stereocenters. The van der Waals surface area contributed by atoms with Gasteiger partial charge in [0.1, 0.15) is 12.4 Å². The Hall–Kier alpha value is -2.55. The van der Waals surface area contributed by atoms with Gasteiger partial charge < -0.3 is 10.6 Å². The molecule has 28 heavy (non-hydrogen) atoms. The molecule has 1 heterocycles. The highest BCUT2D eigenvalue weighted by Crippen LogP contribution is 2.23. The number of nitrogens with one attached hydrogen (secondary N) is 2. The van der Waals surface area contributed by atoms with Crippen molar-refractivity contribution in [2.45, 2.75) is 11.2 Å². The smallest absolute Gasteiger partial charge is 0.346 e. The molecule has 2 rings (SSSR count). The zero-order valence-corrected chi connectivity index (χ0v) is 15.9. The lowest BCUT2D eigenvalue weighted by molar-refractivity contribution is -0.136. The number of rotatable bonds is 7. The molecule has 2 aromatic rings. The molecule has 9 nitrogen and oxygen atoms in total. The minimum absolute atomic E-state index is 0.0294. The number of thioether (sulfide) groups is 1. The Bertz CT molecular complexity index is 891. The Morgan fingerprint density at radius 2 is 2.07 bits per heavy atom. The van der Waals surface area contributed by atoms with Gasteiger partial charge in [0.15, 0.2) is 16.6 Å². The van der Waals surface area contributed by atoms with Crippen LogP contribution in [0.15, 0.2) is 42.7 Å². The number of hydrogen-bond donors (Lipinski definition) is 2. The van der Waals surface area contributed by atoms with E-state index in [1.165, 1.54) is 12.1 Å². The van der Waals surface area contributed by atoms with Crippen molar-refractivity contribution in [3.8, 4) is 0 Å². The van der Waals surface area contributed by atoms with E-state index in [0.29, 0.717) is 17.4 Å². The van der Waals surface area contributed by atoms with Crippen LogP contribution in [0.5, 0.6) is 0 Å². The second-order valence-electron chi connectivity index (χ2n) is 4.88. The summed E-state index contributed by atoms with van der Waals surface area (Å²) < 4.78 is 54.3. The molecule has 2 N–H and O–H groups in total. The summed E-state index contributed by atoms with van der Waals surface area (Å²) >= 11 is 3.69. The monoisotopic (exact) mass is 484 g/mol. The van der Waals surface area contributed by atoms with Crippen molar-refractivity contribution >= 4 is 45.1 Å². The number of nitrogens with zero attached hydrogens (tertiary/aromatic N) is 4. The van der Waals surface area contributed by atoms with Gasteiger partial charge in [-0.2, -0.15) is 13.2 Å². The van der Waals surface area contributed by atoms with Crippen molar-refractivity contribution < 1.29 is 27.0 Å². The summed E-state index contributed by atoms with van der Waals surface area (Å²) in [6.07, 6.45) is -4.54. The van der Waals surface area contributed by atoms with Crippen molar-refractivity contribution in [1.82, 2.24) is 15.6 Å². The first-order valence-corrected chi connectivity index (χ1v) is 8.89. The Morgan fingerprint density at radius 3 is 2.71 bits per heavy atom. The molecule has 0 spiro atoms. The maximum absolute atomic E-state index is 13.3. The number of anilines is 1. The average molecular weight is 485 g/mol. The molecule has 0 radical (unpaired) electrons. The third kappa shape index (κ3) is 6.56. The van der Waals surface area contributed by atoms with E-state index in [9.17, 15) is 27.3 Å². The van der Waals surface area contributed by atoms with Gasteiger partial charge >= 0.3 is 6.18 Å². The number of halogens is 5. The van der Waals surface area contributed by atoms with Crippen LogP contribution in [0.1, 0.15) is 5.69 Å². The van der Waals surface area contributed by atoms with Crippen LogP contribution in [0.3, 0.4) is 0 Å². The normalized spacial score (nSPS) is 12.0. The maximum atomic E-state index is 13.3. The van der Waals surface area contributed by atoms with Crippen molar-refractivity contribution in [3.05, 3.63) is 39.1 Å². The lowest BCUT2D eigenvalue weighted by atomic mass is 10.3. The number of carbonyl (C=O) groups is 1. The van der Waals surface area contributed by atoms with Crippen LogP contribution < -0.4 is 10.6 Å². The average Bonchev–Trinajstić information content (AvgIpc) is 3.09. The Kier molecular flexibility index (Phi) is 7.45. The topological polar surface area (TPSA) is 122 Å². The van der Waals surface area contributed by atoms with E-state index in [0.717, 1.165) is 6.07 Å². The van der Waals surface area contributed by atoms with Gasteiger partial charge in [-0.15, -0.1) is 4.91 Å². The molecule has 1 aromatic carbocycles. The maximum Gasteiger partial charge on any atom is 0.405 e. The summed E-state index contributed by atoms with van der Waals surface area (Å²) in [6, 6.07) is 3.83. The van der Waals surface area contributed by atoms with Crippen molar-refractivity contribution in [1.29, 1.82) is 0 Å². The Morgan fingerprint density at radius 1 is 1.32 bits per heavy atom. The summed E-state index contributed by atoms with van der Waals surface area (Å²) in [6.45, 7) is -1.47. The molecule has 0 aliphatic heterocycles. The molecule has 15 heteroatoms. The molecule has 0 aliphatic carbocycles. The van der Waals surface area contributed by atoms with Gasteiger partial charge in [-0.1, -0.05) is 16.9 Å². The summed E-state index contributed by atoms with van der Waals surface area (Å²) in [5.41, 5.74) is 0.186. The minimum atomic E-state index is -4.54. The van der Waals surface area contributed by atoms with Gasteiger partial charge in [-0.25, -0.2) is 9.02 Å². The molecule has 150 valence electrons. The summed E-state index contributed by atoms with van der Waals surface area (Å²) in [7, 11) is 0. The number of benzene rings is 1. The molecule has 0 bridgehead atoms. The van der Waals surface area contributed by atoms with Crippen LogP contribution in [0.2, 0.25) is 0 Å². The fourth-order valence-electron chi connectivity index (χ4n) is 1.69. The van der Waals surface area contributed by atoms with Crippen LogP contribution in [-0.4, -0.2) is 40.5 Å². The largest absolute Gasteiger partial charge is 0.405 e. The minimum Gasteiger partial charge on any atom is -0.346 e. The number of aromatic nitrogens is 2. The van der Waals surface area contributed by atoms with Crippen LogP contribution >= 0.6 is 27.7 Å². The Labute approximate surface area is 166 Å². The number of alkyl halides is 3. The molecule has 0 unspecified atom stereocenters. The highest BCUT2D eigenvalue weighted by molar-refractivity contribution is 9.10. The third-order valence-corrected chi connectivity index (χ3v) is 4.39. The van der Waals surface area contributed by atoms with Crippen molar-refractivity contribution in [3.63, 3.8) is 0 Å². The third-order valence-electron chi connectivity index (χ3n) is 2.83. The highest BCUT2D eigenvalue weighted by Gasteiger charge is 2.28. The molecular formula is C13H9BrF4N6O3S. The van der Waals surface area contributed by atoms with Crippen LogP contribution in [-0.2, 0) is 4.79 Å². The lowest BCUT2D eigenvalue weighted by Gasteiger charge is -2.08. The van der Waals surface area contributed by atoms with Crippen molar-refractivity contribution in [2.75, 3.05) is 17.6 Å². The van der Waals surface area contributed by atoms with Gasteiger partial charge in [0, 0.05) is 5.69 Å². The predicted molar refractivity (Wildman–Crippen MR) is 94.1 cm³/mol. The van der Waals surface area contributed by atoms with Gasteiger partial charge in [0.2, 0.25) is 5.91 Å². The van der Waals surface area contributed by atoms with Gasteiger partial charge in [-0.3, -0.25) is 4.79 Å². The lowest BCUT2D eigenvalue weighted by Crippen LogP contribution is -2.34. The first kappa shape index (κ1) is 21.7. The zero-order chi connectivity index (χ0) is 20.7. The van der Waals surface area contributed by atoms with E-state index in [1.54, 1.807) is 5.32 Å². The second-order valence-corrected chi connectivity index (χ2v) is 6.70. The van der Waals surface area contributed by atoms with Gasteiger partial charge in [0.05, 0.1) is 15.5 Å². The van der Waals surface area contributed by atoms with Gasteiger partial charge in [0.25, 0.3) is 0 Å². The fraction of sp³-hybridized carbons (Fsp3) is 0.231. The number of hydrogen-bond acceptors (Lipinski definition) is 7. The van der Waals surface area contributed by atoms with E-state index in [2.05, 4.69) is 46.6 Å². The zero-order valence-electron chi connectivity index (χ0n) is 13.5. The first-order valence-electron chi connectivity index (χ1n) is 7.11. The first-order chi connectivity index (χ1) is 13.2. The highest BCUT2D eigenvalue weighted by atomic mass is 79.9. The Balaban J connectivity index is 2.09. The molecule has 0 aliphatic rings. The molecule has 0 fully saturated rings. The van der Waals surface area contributed by atoms with E-state index in [4.69, 9.17) is 0 Å². The van der Waals surface area contributed by atoms with E-state index < -0.39 is 30.2 Å². The fourth-order valence-corrected chi connectivity index (χ4v) is 2.79. The van der Waals surface area contributed by atoms with Gasteiger partial charge in [-0.05, 0) is 44.4 Å². The molecule has 1 amide bonds. The summed E-state index contributed by atoms with van der Waals surface area (Å²) in [5.74, 6) is -2.09. The number of amides is 1. The number of nitroso groups, excluding NO2 is 1. The van der Waals surface area contributed by atoms with Crippen LogP contribution in [0, 0.1) is 10.7 Å². The summed E-state index contributed by atoms with van der Waals surface area (Å²) in [5, 5.41) is 17.1. The van der Waals surface area contributed by atoms with Crippen LogP contribution in [0.25, 0.3) is 0 Å². The van der Waals surface area contributed by atoms with Crippen molar-refractivity contribution in [2.24, 2.45) is 10.4 Å².